The van der Waals surface area contributed by atoms with E-state index in [4.69, 9.17) is 4.74 Å². The Bertz CT molecular complexity index is 950. The summed E-state index contributed by atoms with van der Waals surface area (Å²) in [4.78, 5) is 27.8. The van der Waals surface area contributed by atoms with Crippen molar-refractivity contribution in [3.05, 3.63) is 95.3 Å². The van der Waals surface area contributed by atoms with Crippen molar-refractivity contribution in [2.45, 2.75) is 6.92 Å². The fourth-order valence-corrected chi connectivity index (χ4v) is 2.20. The molecule has 0 atom stereocenters. The van der Waals surface area contributed by atoms with Crippen LogP contribution in [-0.4, -0.2) is 23.1 Å². The predicted octanol–water partition coefficient (Wildman–Crippen LogP) is 3.37. The van der Waals surface area contributed by atoms with Gasteiger partial charge in [-0.3, -0.25) is 9.78 Å². The van der Waals surface area contributed by atoms with Crippen molar-refractivity contribution in [3.63, 3.8) is 0 Å². The van der Waals surface area contributed by atoms with Gasteiger partial charge >= 0.3 is 5.97 Å². The zero-order chi connectivity index (χ0) is 19.1. The average molecular weight is 359 g/mol. The summed E-state index contributed by atoms with van der Waals surface area (Å²) in [5.74, 6) is -0.333. The number of hydrazone groups is 1. The molecule has 1 heterocycles. The second-order valence-corrected chi connectivity index (χ2v) is 5.77. The van der Waals surface area contributed by atoms with Crippen LogP contribution in [0.5, 0.6) is 5.75 Å². The molecule has 6 heteroatoms. The molecule has 0 saturated heterocycles. The number of nitrogens with zero attached hydrogens (tertiary/aromatic N) is 2. The van der Waals surface area contributed by atoms with E-state index in [1.807, 2.05) is 19.1 Å². The summed E-state index contributed by atoms with van der Waals surface area (Å²) in [5, 5.41) is 3.90. The maximum absolute atomic E-state index is 12.1. The Morgan fingerprint density at radius 3 is 2.41 bits per heavy atom. The van der Waals surface area contributed by atoms with E-state index >= 15 is 0 Å². The molecule has 27 heavy (non-hydrogen) atoms. The molecule has 1 amide bonds. The summed E-state index contributed by atoms with van der Waals surface area (Å²) in [6, 6.07) is 17.3. The lowest BCUT2D eigenvalue weighted by atomic mass is 10.1. The number of pyridine rings is 1. The fraction of sp³-hybridized carbons (Fsp3) is 0.0476. The Balaban J connectivity index is 1.56. The van der Waals surface area contributed by atoms with Gasteiger partial charge in [0.1, 0.15) is 5.75 Å². The van der Waals surface area contributed by atoms with Gasteiger partial charge in [0.25, 0.3) is 5.91 Å². The number of esters is 1. The van der Waals surface area contributed by atoms with Crippen LogP contribution in [0.15, 0.2) is 78.2 Å². The van der Waals surface area contributed by atoms with E-state index in [1.54, 1.807) is 54.7 Å². The maximum Gasteiger partial charge on any atom is 0.343 e. The molecule has 2 aromatic carbocycles. The molecule has 0 fully saturated rings. The van der Waals surface area contributed by atoms with E-state index in [9.17, 15) is 9.59 Å². The van der Waals surface area contributed by atoms with Crippen molar-refractivity contribution < 1.29 is 14.3 Å². The third-order valence-corrected chi connectivity index (χ3v) is 3.68. The summed E-state index contributed by atoms with van der Waals surface area (Å²) < 4.78 is 5.34. The molecule has 134 valence electrons. The van der Waals surface area contributed by atoms with Crippen molar-refractivity contribution in [2.75, 3.05) is 0 Å². The SMILES string of the molecule is Cc1ccc(C(=O)Oc2ccc(/C=N\NC(=O)c3cccnc3)cc2)cc1. The van der Waals surface area contributed by atoms with Crippen molar-refractivity contribution >= 4 is 18.1 Å². The van der Waals surface area contributed by atoms with E-state index < -0.39 is 5.97 Å². The lowest BCUT2D eigenvalue weighted by Crippen LogP contribution is -2.17. The van der Waals surface area contributed by atoms with Gasteiger partial charge in [0.05, 0.1) is 17.3 Å². The van der Waals surface area contributed by atoms with E-state index in [0.29, 0.717) is 16.9 Å². The highest BCUT2D eigenvalue weighted by Crippen LogP contribution is 2.14. The molecule has 1 aromatic heterocycles. The first-order valence-corrected chi connectivity index (χ1v) is 8.24. The molecule has 3 aromatic rings. The van der Waals surface area contributed by atoms with Crippen LogP contribution in [0.2, 0.25) is 0 Å². The Morgan fingerprint density at radius 2 is 1.74 bits per heavy atom. The lowest BCUT2D eigenvalue weighted by molar-refractivity contribution is 0.0734. The molecule has 0 spiro atoms. The number of aryl methyl sites for hydroxylation is 1. The summed E-state index contributed by atoms with van der Waals surface area (Å²) in [6.45, 7) is 1.95. The molecular formula is C21H17N3O3. The van der Waals surface area contributed by atoms with Gasteiger partial charge in [-0.15, -0.1) is 0 Å². The number of benzene rings is 2. The van der Waals surface area contributed by atoms with Crippen molar-refractivity contribution in [1.29, 1.82) is 0 Å². The Labute approximate surface area is 156 Å². The van der Waals surface area contributed by atoms with Gasteiger partial charge in [0, 0.05) is 12.4 Å². The quantitative estimate of drug-likeness (QED) is 0.328. The number of hydrogen-bond donors (Lipinski definition) is 1. The van der Waals surface area contributed by atoms with Crippen LogP contribution in [-0.2, 0) is 0 Å². The van der Waals surface area contributed by atoms with Crippen molar-refractivity contribution in [1.82, 2.24) is 10.4 Å². The molecule has 0 unspecified atom stereocenters. The number of carbonyl (C=O) groups is 2. The van der Waals surface area contributed by atoms with Gasteiger partial charge in [-0.05, 0) is 61.0 Å². The number of amides is 1. The summed E-state index contributed by atoms with van der Waals surface area (Å²) >= 11 is 0. The minimum atomic E-state index is -0.417. The van der Waals surface area contributed by atoms with Crippen LogP contribution in [0.1, 0.15) is 31.8 Å². The van der Waals surface area contributed by atoms with Crippen LogP contribution in [0.3, 0.4) is 0 Å². The van der Waals surface area contributed by atoms with Gasteiger partial charge in [0.15, 0.2) is 0 Å². The van der Waals surface area contributed by atoms with Gasteiger partial charge < -0.3 is 4.74 Å². The topological polar surface area (TPSA) is 80.6 Å². The number of hydrogen-bond acceptors (Lipinski definition) is 5. The second-order valence-electron chi connectivity index (χ2n) is 5.77. The van der Waals surface area contributed by atoms with Crippen LogP contribution in [0.25, 0.3) is 0 Å². The number of ether oxygens (including phenoxy) is 1. The molecular weight excluding hydrogens is 342 g/mol. The van der Waals surface area contributed by atoms with Gasteiger partial charge in [-0.1, -0.05) is 17.7 Å². The van der Waals surface area contributed by atoms with Crippen LogP contribution in [0, 0.1) is 6.92 Å². The van der Waals surface area contributed by atoms with E-state index in [-0.39, 0.29) is 5.91 Å². The van der Waals surface area contributed by atoms with Gasteiger partial charge in [0.2, 0.25) is 0 Å². The normalized spacial score (nSPS) is 10.6. The molecule has 0 aliphatic rings. The minimum absolute atomic E-state index is 0.344. The van der Waals surface area contributed by atoms with E-state index in [1.165, 1.54) is 12.4 Å². The lowest BCUT2D eigenvalue weighted by Gasteiger charge is -2.05. The smallest absolute Gasteiger partial charge is 0.343 e. The molecule has 0 saturated carbocycles. The Hall–Kier alpha value is -3.80. The van der Waals surface area contributed by atoms with E-state index in [2.05, 4.69) is 15.5 Å². The number of aromatic nitrogens is 1. The Morgan fingerprint density at radius 1 is 1.00 bits per heavy atom. The second kappa shape index (κ2) is 8.53. The summed E-state index contributed by atoms with van der Waals surface area (Å²) in [5.41, 5.74) is 5.16. The molecule has 1 N–H and O–H groups in total. The zero-order valence-corrected chi connectivity index (χ0v) is 14.6. The van der Waals surface area contributed by atoms with Gasteiger partial charge in [-0.25, -0.2) is 10.2 Å². The first-order chi connectivity index (χ1) is 13.1. The maximum atomic E-state index is 12.1. The predicted molar refractivity (Wildman–Crippen MR) is 102 cm³/mol. The molecule has 0 aliphatic carbocycles. The number of rotatable bonds is 5. The van der Waals surface area contributed by atoms with Gasteiger partial charge in [-0.2, -0.15) is 5.10 Å². The standard InChI is InChI=1S/C21H17N3O3/c1-15-4-8-17(9-5-15)21(26)27-19-10-6-16(7-11-19)13-23-24-20(25)18-3-2-12-22-14-18/h2-14H,1H3,(H,24,25)/b23-13-. The van der Waals surface area contributed by atoms with Crippen LogP contribution < -0.4 is 10.2 Å². The largest absolute Gasteiger partial charge is 0.423 e. The zero-order valence-electron chi connectivity index (χ0n) is 14.6. The molecule has 0 radical (unpaired) electrons. The number of nitrogens with one attached hydrogen (secondary N) is 1. The monoisotopic (exact) mass is 359 g/mol. The van der Waals surface area contributed by atoms with Crippen LogP contribution >= 0.6 is 0 Å². The highest BCUT2D eigenvalue weighted by Gasteiger charge is 2.08. The van der Waals surface area contributed by atoms with Crippen LogP contribution in [0.4, 0.5) is 0 Å². The fourth-order valence-electron chi connectivity index (χ4n) is 2.20. The Kier molecular flexibility index (Phi) is 5.69. The van der Waals surface area contributed by atoms with Crippen molar-refractivity contribution in [2.24, 2.45) is 5.10 Å². The van der Waals surface area contributed by atoms with E-state index in [0.717, 1.165) is 11.1 Å². The molecule has 3 rings (SSSR count). The number of carbonyl (C=O) groups excluding carboxylic acids is 2. The summed E-state index contributed by atoms with van der Waals surface area (Å²) in [6.07, 6.45) is 4.55. The molecule has 0 bridgehead atoms. The highest BCUT2D eigenvalue weighted by atomic mass is 16.5. The highest BCUT2D eigenvalue weighted by molar-refractivity contribution is 5.94. The first-order valence-electron chi connectivity index (χ1n) is 8.24. The average Bonchev–Trinajstić information content (AvgIpc) is 2.70. The minimum Gasteiger partial charge on any atom is -0.423 e. The third kappa shape index (κ3) is 5.09. The summed E-state index contributed by atoms with van der Waals surface area (Å²) in [7, 11) is 0. The molecule has 6 nitrogen and oxygen atoms in total. The van der Waals surface area contributed by atoms with Crippen molar-refractivity contribution in [3.8, 4) is 5.75 Å². The molecule has 0 aliphatic heterocycles. The third-order valence-electron chi connectivity index (χ3n) is 3.68. The first kappa shape index (κ1) is 18.0.